The molecule has 0 bridgehead atoms. The van der Waals surface area contributed by atoms with Crippen molar-refractivity contribution in [3.63, 3.8) is 0 Å². The summed E-state index contributed by atoms with van der Waals surface area (Å²) in [5, 5.41) is 10.8. The summed E-state index contributed by atoms with van der Waals surface area (Å²) in [5.41, 5.74) is 3.31. The Bertz CT molecular complexity index is 688. The maximum Gasteiger partial charge on any atom is 0.258 e. The molecule has 0 atom stereocenters. The fourth-order valence-electron chi connectivity index (χ4n) is 1.98. The van der Waals surface area contributed by atoms with Gasteiger partial charge in [-0.15, -0.1) is 5.10 Å². The zero-order chi connectivity index (χ0) is 13.9. The zero-order valence-electron chi connectivity index (χ0n) is 10.8. The van der Waals surface area contributed by atoms with E-state index in [0.29, 0.717) is 11.6 Å². The van der Waals surface area contributed by atoms with Crippen LogP contribution in [0.1, 0.15) is 5.56 Å². The number of nitrogens with one attached hydrogen (secondary N) is 1. The predicted octanol–water partition coefficient (Wildman–Crippen LogP) is 4.23. The summed E-state index contributed by atoms with van der Waals surface area (Å²) in [5.74, 6) is 1.15. The van der Waals surface area contributed by atoms with Crippen molar-refractivity contribution in [2.45, 2.75) is 6.92 Å². The van der Waals surface area contributed by atoms with E-state index in [1.54, 1.807) is 0 Å². The Morgan fingerprint density at radius 1 is 1.05 bits per heavy atom. The van der Waals surface area contributed by atoms with Gasteiger partial charge >= 0.3 is 0 Å². The van der Waals surface area contributed by atoms with E-state index in [0.717, 1.165) is 21.7 Å². The van der Waals surface area contributed by atoms with Crippen LogP contribution in [0, 0.1) is 6.92 Å². The van der Waals surface area contributed by atoms with Crippen LogP contribution >= 0.6 is 11.6 Å². The normalized spacial score (nSPS) is 10.5. The smallest absolute Gasteiger partial charge is 0.258 e. The molecular formula is C15H12ClN3O. The molecular weight excluding hydrogens is 274 g/mol. The number of aromatic amines is 1. The molecule has 5 heteroatoms. The van der Waals surface area contributed by atoms with Crippen LogP contribution in [0.2, 0.25) is 5.02 Å². The van der Waals surface area contributed by atoms with Crippen molar-refractivity contribution < 1.29 is 4.74 Å². The van der Waals surface area contributed by atoms with Crippen molar-refractivity contribution in [3.05, 3.63) is 59.2 Å². The Kier molecular flexibility index (Phi) is 3.39. The van der Waals surface area contributed by atoms with Crippen LogP contribution in [-0.4, -0.2) is 15.4 Å². The number of ether oxygens (including phenoxy) is 1. The highest BCUT2D eigenvalue weighted by atomic mass is 35.5. The molecule has 1 heterocycles. The van der Waals surface area contributed by atoms with Gasteiger partial charge < -0.3 is 4.74 Å². The Morgan fingerprint density at radius 2 is 1.85 bits per heavy atom. The first-order chi connectivity index (χ1) is 9.70. The molecule has 3 rings (SSSR count). The lowest BCUT2D eigenvalue weighted by atomic mass is 10.0. The first-order valence-corrected chi connectivity index (χ1v) is 6.50. The average molecular weight is 286 g/mol. The molecule has 0 fully saturated rings. The Labute approximate surface area is 121 Å². The number of hydrogen-bond acceptors (Lipinski definition) is 3. The molecule has 0 aliphatic rings. The van der Waals surface area contributed by atoms with Gasteiger partial charge in [-0.2, -0.15) is 10.3 Å². The Morgan fingerprint density at radius 3 is 2.50 bits per heavy atom. The van der Waals surface area contributed by atoms with Crippen LogP contribution in [-0.2, 0) is 0 Å². The van der Waals surface area contributed by atoms with Gasteiger partial charge in [0.25, 0.3) is 5.88 Å². The van der Waals surface area contributed by atoms with Gasteiger partial charge in [0.1, 0.15) is 11.9 Å². The number of rotatable bonds is 3. The highest BCUT2D eigenvalue weighted by Crippen LogP contribution is 2.27. The molecule has 0 amide bonds. The van der Waals surface area contributed by atoms with Crippen LogP contribution < -0.4 is 4.74 Å². The van der Waals surface area contributed by atoms with Crippen LogP contribution in [0.25, 0.3) is 11.1 Å². The lowest BCUT2D eigenvalue weighted by Crippen LogP contribution is -1.85. The van der Waals surface area contributed by atoms with Gasteiger partial charge in [0.05, 0.1) is 0 Å². The summed E-state index contributed by atoms with van der Waals surface area (Å²) in [4.78, 5) is 0. The molecule has 1 N–H and O–H groups in total. The number of aryl methyl sites for hydroxylation is 1. The first-order valence-electron chi connectivity index (χ1n) is 6.12. The average Bonchev–Trinajstić information content (AvgIpc) is 2.91. The second-order valence-electron chi connectivity index (χ2n) is 4.45. The standard InChI is InChI=1S/C15H12ClN3O/c1-10-6-12(8-13(16)7-10)11-2-4-14(5-3-11)20-15-9-17-19-18-15/h2-9H,1H3,(H,17,18,19). The van der Waals surface area contributed by atoms with Crippen LogP contribution in [0.4, 0.5) is 0 Å². The SMILES string of the molecule is Cc1cc(Cl)cc(-c2ccc(Oc3cn[nH]n3)cc2)c1. The maximum atomic E-state index is 6.08. The summed E-state index contributed by atoms with van der Waals surface area (Å²) in [6.07, 6.45) is 1.52. The highest BCUT2D eigenvalue weighted by molar-refractivity contribution is 6.30. The van der Waals surface area contributed by atoms with Gasteiger partial charge in [-0.1, -0.05) is 29.8 Å². The summed E-state index contributed by atoms with van der Waals surface area (Å²) >= 11 is 6.08. The molecule has 0 aliphatic carbocycles. The molecule has 2 aromatic carbocycles. The van der Waals surface area contributed by atoms with Gasteiger partial charge in [0.15, 0.2) is 0 Å². The monoisotopic (exact) mass is 285 g/mol. The Balaban J connectivity index is 1.85. The van der Waals surface area contributed by atoms with Crippen molar-refractivity contribution in [1.82, 2.24) is 15.4 Å². The number of halogens is 1. The summed E-state index contributed by atoms with van der Waals surface area (Å²) in [6, 6.07) is 13.7. The van der Waals surface area contributed by atoms with Gasteiger partial charge in [-0.25, -0.2) is 0 Å². The quantitative estimate of drug-likeness (QED) is 0.783. The minimum Gasteiger partial charge on any atom is -0.436 e. The van der Waals surface area contributed by atoms with Crippen molar-refractivity contribution >= 4 is 11.6 Å². The van der Waals surface area contributed by atoms with Gasteiger partial charge in [-0.05, 0) is 47.9 Å². The topological polar surface area (TPSA) is 50.8 Å². The van der Waals surface area contributed by atoms with Crippen molar-refractivity contribution in [2.24, 2.45) is 0 Å². The first kappa shape index (κ1) is 12.7. The van der Waals surface area contributed by atoms with Crippen LogP contribution in [0.3, 0.4) is 0 Å². The van der Waals surface area contributed by atoms with E-state index in [-0.39, 0.29) is 0 Å². The van der Waals surface area contributed by atoms with E-state index in [1.165, 1.54) is 6.20 Å². The molecule has 0 unspecified atom stereocenters. The summed E-state index contributed by atoms with van der Waals surface area (Å²) in [7, 11) is 0. The molecule has 0 radical (unpaired) electrons. The fourth-order valence-corrected chi connectivity index (χ4v) is 2.27. The molecule has 0 saturated carbocycles. The third-order valence-corrected chi connectivity index (χ3v) is 3.06. The van der Waals surface area contributed by atoms with E-state index < -0.39 is 0 Å². The number of nitrogens with zero attached hydrogens (tertiary/aromatic N) is 2. The number of hydrogen-bond donors (Lipinski definition) is 1. The zero-order valence-corrected chi connectivity index (χ0v) is 11.6. The third-order valence-electron chi connectivity index (χ3n) is 2.85. The largest absolute Gasteiger partial charge is 0.436 e. The van der Waals surface area contributed by atoms with E-state index in [1.807, 2.05) is 43.3 Å². The number of aromatic nitrogens is 3. The molecule has 0 spiro atoms. The van der Waals surface area contributed by atoms with Crippen LogP contribution in [0.15, 0.2) is 48.7 Å². The minimum atomic E-state index is 0.441. The van der Waals surface area contributed by atoms with E-state index in [9.17, 15) is 0 Å². The molecule has 1 aromatic heterocycles. The Hall–Kier alpha value is -2.33. The van der Waals surface area contributed by atoms with Gasteiger partial charge in [0, 0.05) is 5.02 Å². The molecule has 0 aliphatic heterocycles. The second kappa shape index (κ2) is 5.35. The lowest BCUT2D eigenvalue weighted by Gasteiger charge is -2.06. The number of H-pyrrole nitrogens is 1. The molecule has 3 aromatic rings. The minimum absolute atomic E-state index is 0.441. The van der Waals surface area contributed by atoms with Crippen molar-refractivity contribution in [1.29, 1.82) is 0 Å². The van der Waals surface area contributed by atoms with Gasteiger partial charge in [-0.3, -0.25) is 0 Å². The van der Waals surface area contributed by atoms with E-state index in [4.69, 9.17) is 16.3 Å². The van der Waals surface area contributed by atoms with E-state index in [2.05, 4.69) is 21.5 Å². The summed E-state index contributed by atoms with van der Waals surface area (Å²) in [6.45, 7) is 2.03. The van der Waals surface area contributed by atoms with E-state index >= 15 is 0 Å². The van der Waals surface area contributed by atoms with Crippen molar-refractivity contribution in [3.8, 4) is 22.8 Å². The molecule has 4 nitrogen and oxygen atoms in total. The van der Waals surface area contributed by atoms with Crippen LogP contribution in [0.5, 0.6) is 11.6 Å². The fraction of sp³-hybridized carbons (Fsp3) is 0.0667. The van der Waals surface area contributed by atoms with Gasteiger partial charge in [0.2, 0.25) is 0 Å². The molecule has 100 valence electrons. The summed E-state index contributed by atoms with van der Waals surface area (Å²) < 4.78 is 5.53. The number of benzene rings is 2. The maximum absolute atomic E-state index is 6.08. The van der Waals surface area contributed by atoms with Crippen molar-refractivity contribution in [2.75, 3.05) is 0 Å². The predicted molar refractivity (Wildman–Crippen MR) is 78.1 cm³/mol. The highest BCUT2D eigenvalue weighted by Gasteiger charge is 2.03. The third kappa shape index (κ3) is 2.81. The lowest BCUT2D eigenvalue weighted by molar-refractivity contribution is 0.461. The molecule has 20 heavy (non-hydrogen) atoms. The second-order valence-corrected chi connectivity index (χ2v) is 4.89. The molecule has 0 saturated heterocycles.